The predicted octanol–water partition coefficient (Wildman–Crippen LogP) is 0.937. The summed E-state index contributed by atoms with van der Waals surface area (Å²) in [5.74, 6) is -0.346. The third-order valence-corrected chi connectivity index (χ3v) is 5.65. The largest absolute Gasteiger partial charge is 0.334 e. The van der Waals surface area contributed by atoms with Crippen LogP contribution < -0.4 is 10.2 Å². The first-order chi connectivity index (χ1) is 11.6. The molecule has 0 saturated carbocycles. The number of carbonyl (C=O) groups is 2. The topological polar surface area (TPSA) is 53.9 Å². The maximum atomic E-state index is 12.9. The lowest BCUT2D eigenvalue weighted by molar-refractivity contribution is -0.883. The molecule has 0 aliphatic carbocycles. The molecule has 2 aromatic heterocycles. The average Bonchev–Trinajstić information content (AvgIpc) is 3.28. The van der Waals surface area contributed by atoms with Crippen molar-refractivity contribution >= 4 is 40.6 Å². The number of likely N-dealkylation sites (N-methyl/N-ethyl adjacent to an activating group) is 1. The van der Waals surface area contributed by atoms with Crippen molar-refractivity contribution in [3.63, 3.8) is 0 Å². The summed E-state index contributed by atoms with van der Waals surface area (Å²) in [6, 6.07) is 7.45. The molecule has 0 radical (unpaired) electrons. The van der Waals surface area contributed by atoms with E-state index in [9.17, 15) is 9.59 Å². The second kappa shape index (κ2) is 7.74. The molecule has 3 rings (SSSR count). The van der Waals surface area contributed by atoms with Crippen LogP contribution in [0.3, 0.4) is 0 Å². The number of rotatable bonds is 4. The van der Waals surface area contributed by atoms with Crippen molar-refractivity contribution < 1.29 is 14.5 Å². The summed E-state index contributed by atoms with van der Waals surface area (Å²) in [6.45, 7) is 3.27. The molecule has 1 aliphatic heterocycles. The molecule has 1 fully saturated rings. The van der Waals surface area contributed by atoms with Crippen molar-refractivity contribution in [3.05, 3.63) is 50.5 Å². The van der Waals surface area contributed by atoms with Gasteiger partial charge >= 0.3 is 0 Å². The lowest BCUT2D eigenvalue weighted by atomic mass is 10.2. The molecular weight excluding hydrogens is 342 g/mol. The number of hydrogen-bond acceptors (Lipinski definition) is 4. The van der Waals surface area contributed by atoms with Gasteiger partial charge in [0.25, 0.3) is 11.8 Å². The Morgan fingerprint density at radius 2 is 1.88 bits per heavy atom. The van der Waals surface area contributed by atoms with Crippen molar-refractivity contribution in [2.24, 2.45) is 0 Å². The Morgan fingerprint density at radius 1 is 1.17 bits per heavy atom. The van der Waals surface area contributed by atoms with E-state index in [1.165, 1.54) is 16.2 Å². The monoisotopic (exact) mass is 362 g/mol. The molecule has 24 heavy (non-hydrogen) atoms. The Bertz CT molecular complexity index is 715. The Labute approximate surface area is 149 Å². The third kappa shape index (κ3) is 4.11. The van der Waals surface area contributed by atoms with Crippen LogP contribution in [0, 0.1) is 0 Å². The van der Waals surface area contributed by atoms with Gasteiger partial charge in [-0.15, -0.1) is 22.7 Å². The van der Waals surface area contributed by atoms with E-state index in [-0.39, 0.29) is 11.8 Å². The van der Waals surface area contributed by atoms with Crippen LogP contribution in [0.5, 0.6) is 0 Å². The summed E-state index contributed by atoms with van der Waals surface area (Å²) in [7, 11) is 2.13. The third-order valence-electron chi connectivity index (χ3n) is 3.96. The summed E-state index contributed by atoms with van der Waals surface area (Å²) in [4.78, 5) is 30.0. The molecule has 0 atom stereocenters. The van der Waals surface area contributed by atoms with Crippen molar-refractivity contribution in [2.75, 3.05) is 33.2 Å². The molecule has 0 spiro atoms. The van der Waals surface area contributed by atoms with Gasteiger partial charge in [-0.25, -0.2) is 0 Å². The summed E-state index contributed by atoms with van der Waals surface area (Å²) >= 11 is 2.90. The van der Waals surface area contributed by atoms with E-state index < -0.39 is 0 Å². The van der Waals surface area contributed by atoms with Crippen LogP contribution in [-0.4, -0.2) is 49.9 Å². The molecule has 0 bridgehead atoms. The molecule has 1 aliphatic rings. The molecule has 2 N–H and O–H groups in total. The number of piperazine rings is 1. The highest BCUT2D eigenvalue weighted by Gasteiger charge is 2.25. The van der Waals surface area contributed by atoms with E-state index in [0.29, 0.717) is 23.7 Å². The summed E-state index contributed by atoms with van der Waals surface area (Å²) < 4.78 is 0. The molecule has 2 amide bonds. The zero-order valence-corrected chi connectivity index (χ0v) is 15.1. The Morgan fingerprint density at radius 3 is 2.50 bits per heavy atom. The molecule has 0 aromatic carbocycles. The Hall–Kier alpha value is -1.96. The average molecular weight is 363 g/mol. The second-order valence-corrected chi connectivity index (χ2v) is 7.68. The first-order valence-electron chi connectivity index (χ1n) is 7.84. The first kappa shape index (κ1) is 16.9. The zero-order valence-electron chi connectivity index (χ0n) is 13.5. The van der Waals surface area contributed by atoms with E-state index in [1.54, 1.807) is 23.5 Å². The quantitative estimate of drug-likeness (QED) is 0.796. The maximum Gasteiger partial charge on any atom is 0.270 e. The number of carbonyl (C=O) groups excluding carboxylic acids is 2. The summed E-state index contributed by atoms with van der Waals surface area (Å²) in [6.07, 6.45) is 1.77. The summed E-state index contributed by atoms with van der Waals surface area (Å²) in [5, 5.41) is 6.61. The SMILES string of the molecule is C[NH+]1CCN(C(=O)/C(=C/c2cccs2)NC(=O)c2cccs2)CC1. The van der Waals surface area contributed by atoms with Crippen LogP contribution in [0.15, 0.2) is 40.7 Å². The van der Waals surface area contributed by atoms with Crippen molar-refractivity contribution in [2.45, 2.75) is 0 Å². The number of quaternary nitrogens is 1. The minimum Gasteiger partial charge on any atom is -0.334 e. The van der Waals surface area contributed by atoms with Crippen molar-refractivity contribution in [1.82, 2.24) is 10.2 Å². The van der Waals surface area contributed by atoms with Gasteiger partial charge in [0.2, 0.25) is 0 Å². The van der Waals surface area contributed by atoms with E-state index in [1.807, 2.05) is 33.9 Å². The normalized spacial score (nSPS) is 16.2. The zero-order chi connectivity index (χ0) is 16.9. The highest BCUT2D eigenvalue weighted by molar-refractivity contribution is 7.12. The maximum absolute atomic E-state index is 12.9. The van der Waals surface area contributed by atoms with Gasteiger partial charge in [-0.05, 0) is 29.0 Å². The van der Waals surface area contributed by atoms with Crippen molar-refractivity contribution in [1.29, 1.82) is 0 Å². The minimum atomic E-state index is -0.235. The predicted molar refractivity (Wildman–Crippen MR) is 97.3 cm³/mol. The Balaban J connectivity index is 1.79. The van der Waals surface area contributed by atoms with E-state index in [4.69, 9.17) is 0 Å². The lowest BCUT2D eigenvalue weighted by Crippen LogP contribution is -3.12. The highest BCUT2D eigenvalue weighted by atomic mass is 32.1. The smallest absolute Gasteiger partial charge is 0.270 e. The highest BCUT2D eigenvalue weighted by Crippen LogP contribution is 2.15. The molecule has 2 aromatic rings. The first-order valence-corrected chi connectivity index (χ1v) is 9.60. The molecule has 1 saturated heterocycles. The van der Waals surface area contributed by atoms with E-state index in [0.717, 1.165) is 18.0 Å². The van der Waals surface area contributed by atoms with Gasteiger partial charge in [0, 0.05) is 4.88 Å². The second-order valence-electron chi connectivity index (χ2n) is 5.75. The van der Waals surface area contributed by atoms with Crippen LogP contribution in [0.1, 0.15) is 14.5 Å². The van der Waals surface area contributed by atoms with Gasteiger partial charge in [0.15, 0.2) is 0 Å². The van der Waals surface area contributed by atoms with E-state index in [2.05, 4.69) is 12.4 Å². The van der Waals surface area contributed by atoms with Crippen LogP contribution in [0.2, 0.25) is 0 Å². The van der Waals surface area contributed by atoms with Gasteiger partial charge in [-0.2, -0.15) is 0 Å². The fourth-order valence-electron chi connectivity index (χ4n) is 2.52. The van der Waals surface area contributed by atoms with Crippen LogP contribution in [-0.2, 0) is 4.79 Å². The van der Waals surface area contributed by atoms with Gasteiger partial charge in [0.1, 0.15) is 5.70 Å². The van der Waals surface area contributed by atoms with Gasteiger partial charge in [-0.1, -0.05) is 12.1 Å². The number of amides is 2. The van der Waals surface area contributed by atoms with Gasteiger partial charge in [-0.3, -0.25) is 9.59 Å². The van der Waals surface area contributed by atoms with Crippen molar-refractivity contribution in [3.8, 4) is 0 Å². The van der Waals surface area contributed by atoms with E-state index >= 15 is 0 Å². The Kier molecular flexibility index (Phi) is 5.44. The molecule has 3 heterocycles. The van der Waals surface area contributed by atoms with Crippen LogP contribution in [0.25, 0.3) is 6.08 Å². The summed E-state index contributed by atoms with van der Waals surface area (Å²) in [5.41, 5.74) is 0.343. The number of nitrogens with zero attached hydrogens (tertiary/aromatic N) is 1. The fraction of sp³-hybridized carbons (Fsp3) is 0.294. The molecule has 126 valence electrons. The molecule has 0 unspecified atom stereocenters. The van der Waals surface area contributed by atoms with Gasteiger partial charge < -0.3 is 15.1 Å². The van der Waals surface area contributed by atoms with Crippen LogP contribution >= 0.6 is 22.7 Å². The molecule has 7 heteroatoms. The standard InChI is InChI=1S/C17H19N3O2S2/c1-19-6-8-20(9-7-19)17(22)14(12-13-4-2-10-23-13)18-16(21)15-5-3-11-24-15/h2-5,10-12H,6-9H2,1H3,(H,18,21)/p+1/b14-12-. The van der Waals surface area contributed by atoms with Crippen LogP contribution in [0.4, 0.5) is 0 Å². The molecular formula is C17H20N3O2S2+. The number of nitrogens with one attached hydrogen (secondary N) is 2. The lowest BCUT2D eigenvalue weighted by Gasteiger charge is -2.30. The number of hydrogen-bond donors (Lipinski definition) is 2. The molecule has 5 nitrogen and oxygen atoms in total. The fourth-order valence-corrected chi connectivity index (χ4v) is 3.80. The van der Waals surface area contributed by atoms with Gasteiger partial charge in [0.05, 0.1) is 38.1 Å². The number of thiophene rings is 2. The minimum absolute atomic E-state index is 0.110.